The molecule has 5 nitrogen and oxygen atoms in total. The Kier molecular flexibility index (Phi) is 3.61. The Morgan fingerprint density at radius 1 is 1.40 bits per heavy atom. The molecular weight excluding hydrogens is 252 g/mol. The third-order valence-electron chi connectivity index (χ3n) is 4.23. The minimum absolute atomic E-state index is 0.404. The molecule has 1 saturated heterocycles. The van der Waals surface area contributed by atoms with Crippen molar-refractivity contribution < 1.29 is 4.52 Å². The number of nitrogens with one attached hydrogen (secondary N) is 1. The average molecular weight is 274 g/mol. The first-order valence-electron chi connectivity index (χ1n) is 7.33. The number of rotatable bonds is 3. The number of aryl methyl sites for hydroxylation is 2. The third kappa shape index (κ3) is 2.50. The van der Waals surface area contributed by atoms with Gasteiger partial charge in [-0.1, -0.05) is 5.16 Å². The second-order valence-electron chi connectivity index (χ2n) is 5.80. The zero-order chi connectivity index (χ0) is 14.1. The lowest BCUT2D eigenvalue weighted by atomic mass is 9.97. The second kappa shape index (κ2) is 5.40. The van der Waals surface area contributed by atoms with Crippen LogP contribution in [0.3, 0.4) is 0 Å². The van der Waals surface area contributed by atoms with Gasteiger partial charge < -0.3 is 14.4 Å². The number of nitrogens with zero attached hydrogens (tertiary/aromatic N) is 3. The van der Waals surface area contributed by atoms with E-state index in [1.54, 1.807) is 0 Å². The van der Waals surface area contributed by atoms with Gasteiger partial charge in [0.1, 0.15) is 5.76 Å². The highest BCUT2D eigenvalue weighted by molar-refractivity contribution is 5.22. The lowest BCUT2D eigenvalue weighted by Gasteiger charge is -2.29. The monoisotopic (exact) mass is 274 g/mol. The van der Waals surface area contributed by atoms with E-state index in [9.17, 15) is 0 Å². The molecule has 108 valence electrons. The molecule has 1 fully saturated rings. The largest absolute Gasteiger partial charge is 0.361 e. The fourth-order valence-electron chi connectivity index (χ4n) is 3.02. The van der Waals surface area contributed by atoms with Crippen LogP contribution in [0.25, 0.3) is 0 Å². The van der Waals surface area contributed by atoms with Crippen LogP contribution in [0.15, 0.2) is 17.0 Å². The standard InChI is InChI=1S/C15H22N4O/c1-10-5-4-6-14(17-10)15-7-16-9-19(15)8-13-11(2)18-20-12(13)3/h7,9-10,14,17H,4-6,8H2,1-3H3. The van der Waals surface area contributed by atoms with Crippen molar-refractivity contribution in [3.63, 3.8) is 0 Å². The molecule has 0 saturated carbocycles. The number of piperidine rings is 1. The van der Waals surface area contributed by atoms with E-state index in [0.717, 1.165) is 23.6 Å². The van der Waals surface area contributed by atoms with Crippen LogP contribution in [-0.4, -0.2) is 20.7 Å². The van der Waals surface area contributed by atoms with E-state index < -0.39 is 0 Å². The van der Waals surface area contributed by atoms with Crippen molar-refractivity contribution in [3.8, 4) is 0 Å². The molecule has 1 aliphatic rings. The van der Waals surface area contributed by atoms with Crippen LogP contribution >= 0.6 is 0 Å². The molecule has 2 aromatic rings. The maximum absolute atomic E-state index is 5.25. The van der Waals surface area contributed by atoms with E-state index in [1.807, 2.05) is 26.4 Å². The van der Waals surface area contributed by atoms with Crippen molar-refractivity contribution in [2.75, 3.05) is 0 Å². The summed E-state index contributed by atoms with van der Waals surface area (Å²) in [6.45, 7) is 6.99. The van der Waals surface area contributed by atoms with Crippen molar-refractivity contribution in [1.82, 2.24) is 20.0 Å². The lowest BCUT2D eigenvalue weighted by Crippen LogP contribution is -2.35. The molecule has 0 aliphatic carbocycles. The maximum atomic E-state index is 5.25. The Hall–Kier alpha value is -1.62. The Labute approximate surface area is 119 Å². The summed E-state index contributed by atoms with van der Waals surface area (Å²) in [7, 11) is 0. The van der Waals surface area contributed by atoms with Gasteiger partial charge in [0.2, 0.25) is 0 Å². The highest BCUT2D eigenvalue weighted by Gasteiger charge is 2.22. The van der Waals surface area contributed by atoms with Gasteiger partial charge in [-0.15, -0.1) is 0 Å². The number of hydrogen-bond acceptors (Lipinski definition) is 4. The molecule has 0 spiro atoms. The minimum Gasteiger partial charge on any atom is -0.361 e. The van der Waals surface area contributed by atoms with Crippen LogP contribution in [0, 0.1) is 13.8 Å². The van der Waals surface area contributed by atoms with Gasteiger partial charge in [-0.3, -0.25) is 0 Å². The lowest BCUT2D eigenvalue weighted by molar-refractivity contribution is 0.330. The summed E-state index contributed by atoms with van der Waals surface area (Å²) < 4.78 is 7.46. The van der Waals surface area contributed by atoms with Gasteiger partial charge in [0.05, 0.1) is 24.3 Å². The fraction of sp³-hybridized carbons (Fsp3) is 0.600. The maximum Gasteiger partial charge on any atom is 0.138 e. The van der Waals surface area contributed by atoms with Crippen molar-refractivity contribution in [3.05, 3.63) is 35.2 Å². The highest BCUT2D eigenvalue weighted by Crippen LogP contribution is 2.26. The van der Waals surface area contributed by atoms with Crippen molar-refractivity contribution in [2.45, 2.75) is 58.7 Å². The topological polar surface area (TPSA) is 55.9 Å². The van der Waals surface area contributed by atoms with E-state index in [4.69, 9.17) is 4.52 Å². The van der Waals surface area contributed by atoms with Crippen LogP contribution in [0.5, 0.6) is 0 Å². The summed E-state index contributed by atoms with van der Waals surface area (Å²) in [5, 5.41) is 7.69. The predicted octanol–water partition coefficient (Wildman–Crippen LogP) is 2.74. The van der Waals surface area contributed by atoms with Gasteiger partial charge >= 0.3 is 0 Å². The normalized spacial score (nSPS) is 23.1. The number of imidazole rings is 1. The van der Waals surface area contributed by atoms with Crippen LogP contribution in [0.2, 0.25) is 0 Å². The molecule has 0 bridgehead atoms. The molecule has 5 heteroatoms. The van der Waals surface area contributed by atoms with E-state index in [-0.39, 0.29) is 0 Å². The molecule has 1 N–H and O–H groups in total. The fourth-order valence-corrected chi connectivity index (χ4v) is 3.02. The van der Waals surface area contributed by atoms with E-state index >= 15 is 0 Å². The summed E-state index contributed by atoms with van der Waals surface area (Å²) in [6, 6.07) is 0.984. The molecule has 20 heavy (non-hydrogen) atoms. The van der Waals surface area contributed by atoms with Gasteiger partial charge in [0.25, 0.3) is 0 Å². The summed E-state index contributed by atoms with van der Waals surface area (Å²) in [4.78, 5) is 4.33. The van der Waals surface area contributed by atoms with Gasteiger partial charge in [0, 0.05) is 23.8 Å². The average Bonchev–Trinajstić information content (AvgIpc) is 3.01. The van der Waals surface area contributed by atoms with Crippen molar-refractivity contribution in [1.29, 1.82) is 0 Å². The number of hydrogen-bond donors (Lipinski definition) is 1. The van der Waals surface area contributed by atoms with E-state index in [2.05, 4.69) is 26.9 Å². The summed E-state index contributed by atoms with van der Waals surface area (Å²) in [6.07, 6.45) is 7.59. The highest BCUT2D eigenvalue weighted by atomic mass is 16.5. The molecule has 0 amide bonds. The molecule has 2 unspecified atom stereocenters. The van der Waals surface area contributed by atoms with Crippen molar-refractivity contribution >= 4 is 0 Å². The van der Waals surface area contributed by atoms with Crippen LogP contribution in [0.4, 0.5) is 0 Å². The van der Waals surface area contributed by atoms with Gasteiger partial charge in [-0.2, -0.15) is 0 Å². The molecular formula is C15H22N4O. The van der Waals surface area contributed by atoms with Gasteiger partial charge in [-0.05, 0) is 40.0 Å². The van der Waals surface area contributed by atoms with E-state index in [1.165, 1.54) is 25.0 Å². The second-order valence-corrected chi connectivity index (χ2v) is 5.80. The zero-order valence-electron chi connectivity index (χ0n) is 12.4. The molecule has 2 aromatic heterocycles. The Morgan fingerprint density at radius 3 is 2.95 bits per heavy atom. The molecule has 2 atom stereocenters. The number of aromatic nitrogens is 3. The summed E-state index contributed by atoms with van der Waals surface area (Å²) in [5.74, 6) is 0.895. The van der Waals surface area contributed by atoms with E-state index in [0.29, 0.717) is 12.1 Å². The van der Waals surface area contributed by atoms with Gasteiger partial charge in [-0.25, -0.2) is 4.98 Å². The quantitative estimate of drug-likeness (QED) is 0.935. The summed E-state index contributed by atoms with van der Waals surface area (Å²) >= 11 is 0. The first-order valence-corrected chi connectivity index (χ1v) is 7.33. The molecule has 0 aromatic carbocycles. The third-order valence-corrected chi connectivity index (χ3v) is 4.23. The Balaban J connectivity index is 1.83. The first-order chi connectivity index (χ1) is 9.65. The smallest absolute Gasteiger partial charge is 0.138 e. The molecule has 0 radical (unpaired) electrons. The molecule has 3 rings (SSSR count). The SMILES string of the molecule is Cc1noc(C)c1Cn1cncc1C1CCCC(C)N1. The first kappa shape index (κ1) is 13.4. The van der Waals surface area contributed by atoms with Crippen molar-refractivity contribution in [2.24, 2.45) is 0 Å². The van der Waals surface area contributed by atoms with Crippen LogP contribution in [0.1, 0.15) is 54.9 Å². The molecule has 3 heterocycles. The van der Waals surface area contributed by atoms with Crippen LogP contribution in [-0.2, 0) is 6.54 Å². The van der Waals surface area contributed by atoms with Crippen LogP contribution < -0.4 is 5.32 Å². The minimum atomic E-state index is 0.404. The molecule has 1 aliphatic heterocycles. The summed E-state index contributed by atoms with van der Waals surface area (Å²) in [5.41, 5.74) is 3.39. The Morgan fingerprint density at radius 2 is 2.25 bits per heavy atom. The van der Waals surface area contributed by atoms with Gasteiger partial charge in [0.15, 0.2) is 0 Å². The Bertz CT molecular complexity index is 567. The predicted molar refractivity (Wildman–Crippen MR) is 76.5 cm³/mol. The zero-order valence-corrected chi connectivity index (χ0v) is 12.4.